The fourth-order valence-corrected chi connectivity index (χ4v) is 2.71. The van der Waals surface area contributed by atoms with Crippen LogP contribution in [0.15, 0.2) is 0 Å². The van der Waals surface area contributed by atoms with Gasteiger partial charge in [-0.1, -0.05) is 13.8 Å². The molecule has 0 aromatic heterocycles. The second-order valence-electron chi connectivity index (χ2n) is 5.26. The summed E-state index contributed by atoms with van der Waals surface area (Å²) in [4.78, 5) is 5.07. The second kappa shape index (κ2) is 3.58. The van der Waals surface area contributed by atoms with Gasteiger partial charge in [0, 0.05) is 32.7 Å². The van der Waals surface area contributed by atoms with Crippen LogP contribution in [0.4, 0.5) is 0 Å². The molecule has 2 rings (SSSR count). The van der Waals surface area contributed by atoms with Gasteiger partial charge in [-0.25, -0.2) is 0 Å². The summed E-state index contributed by atoms with van der Waals surface area (Å²) in [5.74, 6) is 2.79. The van der Waals surface area contributed by atoms with Crippen molar-refractivity contribution in [3.05, 3.63) is 0 Å². The summed E-state index contributed by atoms with van der Waals surface area (Å²) in [6, 6.07) is 0. The Balaban J connectivity index is 1.72. The quantitative estimate of drug-likeness (QED) is 0.632. The third-order valence-electron chi connectivity index (χ3n) is 3.72. The topological polar surface area (TPSA) is 6.48 Å². The van der Waals surface area contributed by atoms with E-state index in [0.717, 1.165) is 17.8 Å². The van der Waals surface area contributed by atoms with Crippen molar-refractivity contribution in [1.82, 2.24) is 9.80 Å². The zero-order valence-corrected chi connectivity index (χ0v) is 9.16. The molecule has 0 aromatic rings. The van der Waals surface area contributed by atoms with Crippen LogP contribution >= 0.6 is 0 Å². The summed E-state index contributed by atoms with van der Waals surface area (Å²) in [7, 11) is 2.21. The molecule has 2 atom stereocenters. The molecule has 2 aliphatic rings. The predicted octanol–water partition coefficient (Wildman–Crippen LogP) is 1.14. The monoisotopic (exact) mass is 182 g/mol. The molecule has 0 bridgehead atoms. The maximum Gasteiger partial charge on any atom is 0.00344 e. The van der Waals surface area contributed by atoms with Gasteiger partial charge in [0.05, 0.1) is 0 Å². The average molecular weight is 182 g/mol. The first-order valence-electron chi connectivity index (χ1n) is 5.56. The summed E-state index contributed by atoms with van der Waals surface area (Å²) < 4.78 is 0. The number of rotatable bonds is 2. The van der Waals surface area contributed by atoms with Crippen molar-refractivity contribution in [2.24, 2.45) is 17.8 Å². The molecule has 0 spiro atoms. The third kappa shape index (κ3) is 2.05. The maximum absolute atomic E-state index is 2.66. The minimum Gasteiger partial charge on any atom is -0.306 e. The van der Waals surface area contributed by atoms with Crippen LogP contribution in [-0.4, -0.2) is 49.6 Å². The molecule has 0 aliphatic carbocycles. The lowest BCUT2D eigenvalue weighted by Gasteiger charge is -2.38. The molecular weight excluding hydrogens is 160 g/mol. The Morgan fingerprint density at radius 1 is 1.00 bits per heavy atom. The first-order valence-corrected chi connectivity index (χ1v) is 5.56. The Kier molecular flexibility index (Phi) is 2.61. The number of nitrogens with zero attached hydrogens (tertiary/aromatic N) is 2. The molecule has 2 unspecified atom stereocenters. The van der Waals surface area contributed by atoms with E-state index in [-0.39, 0.29) is 0 Å². The van der Waals surface area contributed by atoms with Crippen molar-refractivity contribution in [3.63, 3.8) is 0 Å². The molecule has 2 heterocycles. The van der Waals surface area contributed by atoms with Crippen LogP contribution in [0.25, 0.3) is 0 Å². The van der Waals surface area contributed by atoms with Gasteiger partial charge < -0.3 is 9.80 Å². The van der Waals surface area contributed by atoms with Gasteiger partial charge in [-0.15, -0.1) is 0 Å². The second-order valence-corrected chi connectivity index (χ2v) is 5.26. The van der Waals surface area contributed by atoms with Crippen LogP contribution in [0.3, 0.4) is 0 Å². The van der Waals surface area contributed by atoms with Gasteiger partial charge >= 0.3 is 0 Å². The van der Waals surface area contributed by atoms with Gasteiger partial charge in [0.1, 0.15) is 0 Å². The van der Waals surface area contributed by atoms with Crippen LogP contribution in [0.5, 0.6) is 0 Å². The van der Waals surface area contributed by atoms with Gasteiger partial charge in [0.25, 0.3) is 0 Å². The van der Waals surface area contributed by atoms with Gasteiger partial charge in [0.2, 0.25) is 0 Å². The highest BCUT2D eigenvalue weighted by molar-refractivity contribution is 4.84. The van der Waals surface area contributed by atoms with Crippen molar-refractivity contribution >= 4 is 0 Å². The lowest BCUT2D eigenvalue weighted by molar-refractivity contribution is 0.0978. The van der Waals surface area contributed by atoms with E-state index in [1.165, 1.54) is 32.7 Å². The summed E-state index contributed by atoms with van der Waals surface area (Å²) >= 11 is 0. The van der Waals surface area contributed by atoms with Crippen molar-refractivity contribution in [1.29, 1.82) is 0 Å². The highest BCUT2D eigenvalue weighted by Gasteiger charge is 2.30. The number of likely N-dealkylation sites (tertiary alicyclic amines) is 2. The molecule has 2 nitrogen and oxygen atoms in total. The Morgan fingerprint density at radius 3 is 2.00 bits per heavy atom. The Hall–Kier alpha value is -0.0800. The van der Waals surface area contributed by atoms with E-state index in [9.17, 15) is 0 Å². The number of hydrogen-bond donors (Lipinski definition) is 0. The minimum absolute atomic E-state index is 0.915. The standard InChI is InChI=1S/C11H22N2/c1-9-4-13(5-10(9)2)8-11-6-12(3)7-11/h9-11H,4-8H2,1-3H3. The highest BCUT2D eigenvalue weighted by Crippen LogP contribution is 2.24. The molecule has 0 saturated carbocycles. The Bertz CT molecular complexity index is 165. The summed E-state index contributed by atoms with van der Waals surface area (Å²) in [6.45, 7) is 11.4. The van der Waals surface area contributed by atoms with Crippen LogP contribution in [0.2, 0.25) is 0 Å². The summed E-state index contributed by atoms with van der Waals surface area (Å²) in [6.07, 6.45) is 0. The molecule has 0 amide bonds. The SMILES string of the molecule is CC1CN(CC2CN(C)C2)CC1C. The fraction of sp³-hybridized carbons (Fsp3) is 1.00. The summed E-state index contributed by atoms with van der Waals surface area (Å²) in [5.41, 5.74) is 0. The third-order valence-corrected chi connectivity index (χ3v) is 3.72. The van der Waals surface area contributed by atoms with E-state index in [2.05, 4.69) is 30.7 Å². The number of hydrogen-bond acceptors (Lipinski definition) is 2. The predicted molar refractivity (Wildman–Crippen MR) is 55.8 cm³/mol. The van der Waals surface area contributed by atoms with Crippen LogP contribution in [-0.2, 0) is 0 Å². The lowest BCUT2D eigenvalue weighted by atomic mass is 10.0. The first kappa shape index (κ1) is 9.47. The Morgan fingerprint density at radius 2 is 1.54 bits per heavy atom. The van der Waals surface area contributed by atoms with Crippen molar-refractivity contribution in [2.45, 2.75) is 13.8 Å². The normalized spacial score (nSPS) is 38.1. The molecule has 2 saturated heterocycles. The molecular formula is C11H22N2. The minimum atomic E-state index is 0.915. The highest BCUT2D eigenvalue weighted by atomic mass is 15.2. The maximum atomic E-state index is 2.66. The molecule has 13 heavy (non-hydrogen) atoms. The fourth-order valence-electron chi connectivity index (χ4n) is 2.71. The van der Waals surface area contributed by atoms with Gasteiger partial charge in [-0.3, -0.25) is 0 Å². The van der Waals surface area contributed by atoms with Gasteiger partial charge in [0.15, 0.2) is 0 Å². The van der Waals surface area contributed by atoms with E-state index in [1.54, 1.807) is 0 Å². The molecule has 2 fully saturated rings. The first-order chi connectivity index (χ1) is 6.15. The average Bonchev–Trinajstić information content (AvgIpc) is 2.28. The van der Waals surface area contributed by atoms with E-state index >= 15 is 0 Å². The van der Waals surface area contributed by atoms with E-state index in [0.29, 0.717) is 0 Å². The van der Waals surface area contributed by atoms with Crippen LogP contribution < -0.4 is 0 Å². The molecule has 76 valence electrons. The molecule has 2 aliphatic heterocycles. The zero-order valence-electron chi connectivity index (χ0n) is 9.16. The largest absolute Gasteiger partial charge is 0.306 e. The van der Waals surface area contributed by atoms with E-state index in [4.69, 9.17) is 0 Å². The van der Waals surface area contributed by atoms with Crippen LogP contribution in [0.1, 0.15) is 13.8 Å². The van der Waals surface area contributed by atoms with E-state index < -0.39 is 0 Å². The zero-order chi connectivity index (χ0) is 9.42. The smallest absolute Gasteiger partial charge is 0.00344 e. The van der Waals surface area contributed by atoms with Gasteiger partial charge in [-0.05, 0) is 24.8 Å². The van der Waals surface area contributed by atoms with Crippen molar-refractivity contribution in [2.75, 3.05) is 39.8 Å². The van der Waals surface area contributed by atoms with Gasteiger partial charge in [-0.2, -0.15) is 0 Å². The summed E-state index contributed by atoms with van der Waals surface area (Å²) in [5, 5.41) is 0. The van der Waals surface area contributed by atoms with Crippen molar-refractivity contribution in [3.8, 4) is 0 Å². The Labute approximate surface area is 81.9 Å². The molecule has 0 N–H and O–H groups in total. The lowest BCUT2D eigenvalue weighted by Crippen LogP contribution is -2.48. The molecule has 0 aromatic carbocycles. The molecule has 0 radical (unpaired) electrons. The van der Waals surface area contributed by atoms with Crippen molar-refractivity contribution < 1.29 is 0 Å². The molecule has 2 heteroatoms. The van der Waals surface area contributed by atoms with Crippen LogP contribution in [0, 0.1) is 17.8 Å². The van der Waals surface area contributed by atoms with E-state index in [1.807, 2.05) is 0 Å².